The highest BCUT2D eigenvalue weighted by Crippen LogP contribution is 2.34. The van der Waals surface area contributed by atoms with Gasteiger partial charge in [-0.15, -0.1) is 0 Å². The maximum Gasteiger partial charge on any atom is 0.217 e. The average molecular weight is 129 g/mol. The number of rotatable bonds is 2. The van der Waals surface area contributed by atoms with Gasteiger partial charge >= 0.3 is 0 Å². The summed E-state index contributed by atoms with van der Waals surface area (Å²) in [6.45, 7) is 1.54. The van der Waals surface area contributed by atoms with Crippen LogP contribution in [0.2, 0.25) is 0 Å². The lowest BCUT2D eigenvalue weighted by atomic mass is 10.3. The second kappa shape index (κ2) is 1.99. The van der Waals surface area contributed by atoms with Crippen LogP contribution in [0.25, 0.3) is 0 Å². The molecule has 0 aromatic heterocycles. The van der Waals surface area contributed by atoms with Gasteiger partial charge in [0, 0.05) is 6.92 Å². The summed E-state index contributed by atoms with van der Waals surface area (Å²) in [5.74, 6) is -0.0541. The first-order chi connectivity index (χ1) is 4.18. The normalized spacial score (nSPS) is 21.1. The average Bonchev–Trinajstić information content (AvgIpc) is 2.48. The molecule has 0 bridgehead atoms. The third-order valence-electron chi connectivity index (χ3n) is 1.60. The monoisotopic (exact) mass is 129 g/mol. The molecular weight excluding hydrogens is 118 g/mol. The number of hydrogen-bond acceptors (Lipinski definition) is 2. The molecule has 2 N–H and O–H groups in total. The van der Waals surface area contributed by atoms with E-state index < -0.39 is 0 Å². The minimum Gasteiger partial charge on any atom is -0.394 e. The number of amides is 1. The number of nitrogens with one attached hydrogen (secondary N) is 1. The fourth-order valence-electron chi connectivity index (χ4n) is 0.847. The second-order valence-corrected chi connectivity index (χ2v) is 2.62. The van der Waals surface area contributed by atoms with Gasteiger partial charge in [0.1, 0.15) is 0 Å². The number of aliphatic hydroxyl groups excluding tert-OH is 1. The summed E-state index contributed by atoms with van der Waals surface area (Å²) in [5, 5.41) is 11.4. The van der Waals surface area contributed by atoms with E-state index in [1.165, 1.54) is 6.92 Å². The molecule has 1 fully saturated rings. The van der Waals surface area contributed by atoms with E-state index in [0.29, 0.717) is 0 Å². The highest BCUT2D eigenvalue weighted by atomic mass is 16.3. The first-order valence-corrected chi connectivity index (χ1v) is 3.08. The molecule has 3 heteroatoms. The van der Waals surface area contributed by atoms with Gasteiger partial charge in [-0.25, -0.2) is 0 Å². The molecule has 1 rings (SSSR count). The molecule has 0 unspecified atom stereocenters. The van der Waals surface area contributed by atoms with Crippen LogP contribution in [0.1, 0.15) is 19.8 Å². The van der Waals surface area contributed by atoms with Crippen molar-refractivity contribution in [3.05, 3.63) is 0 Å². The third-order valence-corrected chi connectivity index (χ3v) is 1.60. The summed E-state index contributed by atoms with van der Waals surface area (Å²) in [4.78, 5) is 10.4. The van der Waals surface area contributed by atoms with E-state index in [9.17, 15) is 4.79 Å². The van der Waals surface area contributed by atoms with Crippen molar-refractivity contribution in [3.8, 4) is 0 Å². The fourth-order valence-corrected chi connectivity index (χ4v) is 0.847. The number of carbonyl (C=O) groups excluding carboxylic acids is 1. The van der Waals surface area contributed by atoms with Crippen LogP contribution in [0.5, 0.6) is 0 Å². The van der Waals surface area contributed by atoms with Crippen LogP contribution in [0.15, 0.2) is 0 Å². The van der Waals surface area contributed by atoms with Crippen LogP contribution < -0.4 is 5.32 Å². The maximum absolute atomic E-state index is 10.4. The Morgan fingerprint density at radius 1 is 1.78 bits per heavy atom. The molecule has 0 spiro atoms. The van der Waals surface area contributed by atoms with Crippen molar-refractivity contribution in [2.75, 3.05) is 6.61 Å². The summed E-state index contributed by atoms with van der Waals surface area (Å²) in [7, 11) is 0. The molecule has 0 atom stereocenters. The summed E-state index contributed by atoms with van der Waals surface area (Å²) < 4.78 is 0. The molecule has 0 heterocycles. The highest BCUT2D eigenvalue weighted by molar-refractivity contribution is 5.74. The van der Waals surface area contributed by atoms with Crippen molar-refractivity contribution >= 4 is 5.91 Å². The van der Waals surface area contributed by atoms with Crippen LogP contribution >= 0.6 is 0 Å². The van der Waals surface area contributed by atoms with Crippen molar-refractivity contribution in [1.29, 1.82) is 0 Å². The van der Waals surface area contributed by atoms with Crippen molar-refractivity contribution in [3.63, 3.8) is 0 Å². The zero-order chi connectivity index (χ0) is 6.91. The summed E-state index contributed by atoms with van der Waals surface area (Å²) in [6, 6.07) is 0. The lowest BCUT2D eigenvalue weighted by molar-refractivity contribution is -0.120. The Bertz CT molecular complexity index is 129. The molecule has 9 heavy (non-hydrogen) atoms. The standard InChI is InChI=1S/C6H11NO2/c1-5(9)7-6(4-8)2-3-6/h8H,2-4H2,1H3,(H,7,9). The van der Waals surface area contributed by atoms with Gasteiger partial charge in [-0.05, 0) is 12.8 Å². The van der Waals surface area contributed by atoms with Crippen molar-refractivity contribution < 1.29 is 9.90 Å². The number of carbonyl (C=O) groups is 1. The van der Waals surface area contributed by atoms with Gasteiger partial charge in [0.05, 0.1) is 12.1 Å². The van der Waals surface area contributed by atoms with Gasteiger partial charge < -0.3 is 10.4 Å². The molecule has 1 aliphatic carbocycles. The molecule has 0 radical (unpaired) electrons. The third kappa shape index (κ3) is 1.42. The molecule has 1 amide bonds. The van der Waals surface area contributed by atoms with E-state index in [1.54, 1.807) is 0 Å². The maximum atomic E-state index is 10.4. The van der Waals surface area contributed by atoms with E-state index in [4.69, 9.17) is 5.11 Å². The molecule has 3 nitrogen and oxygen atoms in total. The lowest BCUT2D eigenvalue weighted by Gasteiger charge is -2.10. The Morgan fingerprint density at radius 3 is 2.44 bits per heavy atom. The quantitative estimate of drug-likeness (QED) is 0.535. The van der Waals surface area contributed by atoms with E-state index in [1.807, 2.05) is 0 Å². The van der Waals surface area contributed by atoms with Crippen molar-refractivity contribution in [2.45, 2.75) is 25.3 Å². The Labute approximate surface area is 54.1 Å². The number of aliphatic hydroxyl groups is 1. The molecule has 52 valence electrons. The summed E-state index contributed by atoms with van der Waals surface area (Å²) in [6.07, 6.45) is 1.84. The van der Waals surface area contributed by atoms with Crippen molar-refractivity contribution in [1.82, 2.24) is 5.32 Å². The van der Waals surface area contributed by atoms with Crippen LogP contribution in [0.4, 0.5) is 0 Å². The molecule has 0 aromatic carbocycles. The van der Waals surface area contributed by atoms with Gasteiger partial charge in [-0.3, -0.25) is 4.79 Å². The van der Waals surface area contributed by atoms with E-state index in [2.05, 4.69) is 5.32 Å². The smallest absolute Gasteiger partial charge is 0.217 e. The van der Waals surface area contributed by atoms with Gasteiger partial charge in [-0.1, -0.05) is 0 Å². The molecule has 0 aromatic rings. The molecular formula is C6H11NO2. The minimum absolute atomic E-state index is 0.0541. The van der Waals surface area contributed by atoms with Crippen LogP contribution in [0, 0.1) is 0 Å². The van der Waals surface area contributed by atoms with Crippen LogP contribution in [-0.4, -0.2) is 23.2 Å². The Morgan fingerprint density at radius 2 is 2.33 bits per heavy atom. The van der Waals surface area contributed by atoms with Gasteiger partial charge in [0.2, 0.25) is 5.91 Å². The number of hydrogen-bond donors (Lipinski definition) is 2. The molecule has 1 saturated carbocycles. The first-order valence-electron chi connectivity index (χ1n) is 3.08. The topological polar surface area (TPSA) is 49.3 Å². The predicted molar refractivity (Wildman–Crippen MR) is 32.9 cm³/mol. The molecule has 0 saturated heterocycles. The van der Waals surface area contributed by atoms with Crippen molar-refractivity contribution in [2.24, 2.45) is 0 Å². The minimum atomic E-state index is -0.230. The van der Waals surface area contributed by atoms with Crippen LogP contribution in [0.3, 0.4) is 0 Å². The lowest BCUT2D eigenvalue weighted by Crippen LogP contribution is -2.37. The van der Waals surface area contributed by atoms with Gasteiger partial charge in [-0.2, -0.15) is 0 Å². The SMILES string of the molecule is CC(=O)NC1(CO)CC1. The largest absolute Gasteiger partial charge is 0.394 e. The Kier molecular flexibility index (Phi) is 1.45. The van der Waals surface area contributed by atoms with Gasteiger partial charge in [0.15, 0.2) is 0 Å². The van der Waals surface area contributed by atoms with E-state index in [0.717, 1.165) is 12.8 Å². The Hall–Kier alpha value is -0.570. The fraction of sp³-hybridized carbons (Fsp3) is 0.833. The van der Waals surface area contributed by atoms with E-state index in [-0.39, 0.29) is 18.1 Å². The molecule has 0 aliphatic heterocycles. The highest BCUT2D eigenvalue weighted by Gasteiger charge is 2.42. The van der Waals surface area contributed by atoms with Gasteiger partial charge in [0.25, 0.3) is 0 Å². The summed E-state index contributed by atoms with van der Waals surface area (Å²) >= 11 is 0. The molecule has 1 aliphatic rings. The zero-order valence-corrected chi connectivity index (χ0v) is 5.48. The zero-order valence-electron chi connectivity index (χ0n) is 5.48. The predicted octanol–water partition coefficient (Wildman–Crippen LogP) is -0.353. The second-order valence-electron chi connectivity index (χ2n) is 2.62. The van der Waals surface area contributed by atoms with E-state index >= 15 is 0 Å². The first kappa shape index (κ1) is 6.55. The van der Waals surface area contributed by atoms with Crippen LogP contribution in [-0.2, 0) is 4.79 Å². The summed E-state index contributed by atoms with van der Waals surface area (Å²) in [5.41, 5.74) is -0.230. The Balaban J connectivity index is 2.33.